The fourth-order valence-corrected chi connectivity index (χ4v) is 4.79. The molecular formula is C29H32F12. The molecule has 2 aromatic carbocycles. The number of halogens is 12. The van der Waals surface area contributed by atoms with Crippen LogP contribution in [0.15, 0.2) is 36.4 Å². The van der Waals surface area contributed by atoms with Gasteiger partial charge in [-0.25, -0.2) is 0 Å². The van der Waals surface area contributed by atoms with Gasteiger partial charge >= 0.3 is 24.7 Å². The number of alkyl halides is 12. The van der Waals surface area contributed by atoms with Gasteiger partial charge in [-0.15, -0.1) is 0 Å². The molecule has 0 saturated carbocycles. The smallest absolute Gasteiger partial charge is 0.166 e. The molecule has 2 rings (SSSR count). The van der Waals surface area contributed by atoms with Gasteiger partial charge in [-0.05, 0) is 83.0 Å². The highest BCUT2D eigenvalue weighted by Gasteiger charge is 2.40. The van der Waals surface area contributed by atoms with Gasteiger partial charge in [-0.3, -0.25) is 0 Å². The van der Waals surface area contributed by atoms with Gasteiger partial charge in [0.25, 0.3) is 0 Å². The maximum atomic E-state index is 13.3. The summed E-state index contributed by atoms with van der Waals surface area (Å²) in [6.45, 7) is 9.78. The Kier molecular flexibility index (Phi) is 9.64. The molecule has 0 heterocycles. The topological polar surface area (TPSA) is 0 Å². The molecule has 2 unspecified atom stereocenters. The maximum absolute atomic E-state index is 13.3. The minimum absolute atomic E-state index is 0.0606. The second-order valence-corrected chi connectivity index (χ2v) is 12.0. The van der Waals surface area contributed by atoms with E-state index < -0.39 is 69.6 Å². The van der Waals surface area contributed by atoms with Crippen molar-refractivity contribution in [3.05, 3.63) is 69.8 Å². The fraction of sp³-hybridized carbons (Fsp3) is 0.586. The van der Waals surface area contributed by atoms with Crippen molar-refractivity contribution in [2.75, 3.05) is 0 Å². The largest absolute Gasteiger partial charge is 0.416 e. The van der Waals surface area contributed by atoms with Crippen molar-refractivity contribution in [1.82, 2.24) is 0 Å². The van der Waals surface area contributed by atoms with Gasteiger partial charge in [-0.1, -0.05) is 48.0 Å². The SMILES string of the molecule is CC(c1cc(C(F)(F)F)cc(C(F)(F)F)c1)C(C)(C)CCCC(C)(C)C(C)c1cc(C(F)(F)F)cc(C(F)(F)F)c1. The molecule has 0 aliphatic carbocycles. The molecule has 2 aromatic rings. The van der Waals surface area contributed by atoms with Crippen LogP contribution in [0.25, 0.3) is 0 Å². The number of rotatable bonds is 8. The zero-order valence-corrected chi connectivity index (χ0v) is 23.3. The summed E-state index contributed by atoms with van der Waals surface area (Å²) in [6, 6.07) is 2.90. The van der Waals surface area contributed by atoms with Crippen LogP contribution in [-0.2, 0) is 24.7 Å². The van der Waals surface area contributed by atoms with Gasteiger partial charge in [0.15, 0.2) is 0 Å². The van der Waals surface area contributed by atoms with Crippen LogP contribution in [0.4, 0.5) is 52.7 Å². The van der Waals surface area contributed by atoms with Gasteiger partial charge in [0.2, 0.25) is 0 Å². The van der Waals surface area contributed by atoms with Gasteiger partial charge in [0.05, 0.1) is 22.3 Å². The summed E-state index contributed by atoms with van der Waals surface area (Å²) in [5.41, 5.74) is -7.56. The molecule has 12 heteroatoms. The predicted octanol–water partition coefficient (Wildman–Crippen LogP) is 11.9. The first-order valence-electron chi connectivity index (χ1n) is 12.7. The van der Waals surface area contributed by atoms with E-state index in [1.165, 1.54) is 13.8 Å². The number of benzene rings is 2. The Balaban J connectivity index is 2.29. The Bertz CT molecular complexity index is 1040. The van der Waals surface area contributed by atoms with Crippen LogP contribution in [0.2, 0.25) is 0 Å². The summed E-state index contributed by atoms with van der Waals surface area (Å²) in [5.74, 6) is -1.49. The first-order chi connectivity index (χ1) is 18.2. The molecule has 0 nitrogen and oxygen atoms in total. The molecule has 0 radical (unpaired) electrons. The Morgan fingerprint density at radius 2 is 0.659 bits per heavy atom. The van der Waals surface area contributed by atoms with Gasteiger partial charge < -0.3 is 0 Å². The van der Waals surface area contributed by atoms with Gasteiger partial charge in [0, 0.05) is 0 Å². The molecule has 0 aromatic heterocycles. The molecule has 0 amide bonds. The molecule has 0 saturated heterocycles. The second kappa shape index (κ2) is 11.4. The van der Waals surface area contributed by atoms with E-state index in [1.807, 2.05) is 0 Å². The third-order valence-corrected chi connectivity index (χ3v) is 8.21. The molecular weight excluding hydrogens is 576 g/mol. The normalized spacial score (nSPS) is 15.7. The standard InChI is InChI=1S/C29H32F12/c1-16(18-10-20(26(30,31)32)14-21(11-18)27(33,34)35)24(3,4)8-7-9-25(5,6)17(2)19-12-22(28(36,37)38)15-23(13-19)29(39,40)41/h10-17H,7-9H2,1-6H3. The molecule has 232 valence electrons. The van der Waals surface area contributed by atoms with Crippen LogP contribution in [0.5, 0.6) is 0 Å². The van der Waals surface area contributed by atoms with Crippen molar-refractivity contribution in [2.45, 2.75) is 97.3 Å². The summed E-state index contributed by atoms with van der Waals surface area (Å²) >= 11 is 0. The van der Waals surface area contributed by atoms with Crippen molar-refractivity contribution in [2.24, 2.45) is 10.8 Å². The fourth-order valence-electron chi connectivity index (χ4n) is 4.79. The summed E-state index contributed by atoms with van der Waals surface area (Å²) in [5, 5.41) is 0. The zero-order valence-electron chi connectivity index (χ0n) is 23.3. The van der Waals surface area contributed by atoms with E-state index in [0.29, 0.717) is 43.5 Å². The first-order valence-corrected chi connectivity index (χ1v) is 12.7. The molecule has 0 aliphatic rings. The average molecular weight is 609 g/mol. The number of hydrogen-bond donors (Lipinski definition) is 0. The van der Waals surface area contributed by atoms with Crippen molar-refractivity contribution < 1.29 is 52.7 Å². The lowest BCUT2D eigenvalue weighted by molar-refractivity contribution is -0.144. The van der Waals surface area contributed by atoms with Gasteiger partial charge in [0.1, 0.15) is 0 Å². The van der Waals surface area contributed by atoms with E-state index in [4.69, 9.17) is 0 Å². The van der Waals surface area contributed by atoms with Crippen molar-refractivity contribution in [3.8, 4) is 0 Å². The second-order valence-electron chi connectivity index (χ2n) is 12.0. The Hall–Kier alpha value is -2.40. The molecule has 2 atom stereocenters. The zero-order chi connectivity index (χ0) is 32.0. The highest BCUT2D eigenvalue weighted by Crippen LogP contribution is 2.47. The number of hydrogen-bond acceptors (Lipinski definition) is 0. The molecule has 0 N–H and O–H groups in total. The minimum atomic E-state index is -4.99. The highest BCUT2D eigenvalue weighted by atomic mass is 19.4. The quantitative estimate of drug-likeness (QED) is 0.262. The van der Waals surface area contributed by atoms with E-state index in [2.05, 4.69) is 0 Å². The van der Waals surface area contributed by atoms with Crippen molar-refractivity contribution in [1.29, 1.82) is 0 Å². The highest BCUT2D eigenvalue weighted by molar-refractivity contribution is 5.37. The summed E-state index contributed by atoms with van der Waals surface area (Å²) < 4.78 is 160. The van der Waals surface area contributed by atoms with Crippen molar-refractivity contribution in [3.63, 3.8) is 0 Å². The average Bonchev–Trinajstić information content (AvgIpc) is 2.80. The summed E-state index contributed by atoms with van der Waals surface area (Å²) in [4.78, 5) is 0. The van der Waals surface area contributed by atoms with E-state index in [9.17, 15) is 52.7 Å². The van der Waals surface area contributed by atoms with Crippen LogP contribution >= 0.6 is 0 Å². The van der Waals surface area contributed by atoms with Crippen LogP contribution in [-0.4, -0.2) is 0 Å². The molecule has 0 bridgehead atoms. The Labute approximate surface area is 231 Å². The van der Waals surface area contributed by atoms with Crippen molar-refractivity contribution >= 4 is 0 Å². The first kappa shape index (κ1) is 34.8. The summed E-state index contributed by atoms with van der Waals surface area (Å²) in [7, 11) is 0. The van der Waals surface area contributed by atoms with Crippen LogP contribution in [0.3, 0.4) is 0 Å². The van der Waals surface area contributed by atoms with Crippen LogP contribution < -0.4 is 0 Å². The summed E-state index contributed by atoms with van der Waals surface area (Å²) in [6.07, 6.45) is -19.0. The monoisotopic (exact) mass is 608 g/mol. The van der Waals surface area contributed by atoms with E-state index >= 15 is 0 Å². The lowest BCUT2D eigenvalue weighted by Crippen LogP contribution is -2.24. The van der Waals surface area contributed by atoms with Crippen LogP contribution in [0, 0.1) is 10.8 Å². The van der Waals surface area contributed by atoms with E-state index in [1.54, 1.807) is 27.7 Å². The Morgan fingerprint density at radius 1 is 0.439 bits per heavy atom. The lowest BCUT2D eigenvalue weighted by atomic mass is 9.68. The lowest BCUT2D eigenvalue weighted by Gasteiger charge is -2.36. The van der Waals surface area contributed by atoms with E-state index in [0.717, 1.165) is 0 Å². The molecule has 0 spiro atoms. The van der Waals surface area contributed by atoms with E-state index in [-0.39, 0.29) is 23.3 Å². The maximum Gasteiger partial charge on any atom is 0.416 e. The van der Waals surface area contributed by atoms with Gasteiger partial charge in [-0.2, -0.15) is 52.7 Å². The third-order valence-electron chi connectivity index (χ3n) is 8.21. The molecule has 0 fully saturated rings. The van der Waals surface area contributed by atoms with Crippen LogP contribution in [0.1, 0.15) is 106 Å². The molecule has 41 heavy (non-hydrogen) atoms. The Morgan fingerprint density at radius 3 is 0.854 bits per heavy atom. The predicted molar refractivity (Wildman–Crippen MR) is 131 cm³/mol. The third kappa shape index (κ3) is 8.80. The minimum Gasteiger partial charge on any atom is -0.166 e. The molecule has 0 aliphatic heterocycles.